The summed E-state index contributed by atoms with van der Waals surface area (Å²) >= 11 is 0. The first kappa shape index (κ1) is 15.3. The second-order valence-corrected chi connectivity index (χ2v) is 8.19. The highest BCUT2D eigenvalue weighted by molar-refractivity contribution is 6.31. The van der Waals surface area contributed by atoms with Crippen molar-refractivity contribution in [1.82, 2.24) is 14.5 Å². The smallest absolute Gasteiger partial charge is 0.254 e. The van der Waals surface area contributed by atoms with Gasteiger partial charge in [-0.15, -0.1) is 0 Å². The Morgan fingerprint density at radius 1 is 0.833 bits per heavy atom. The first-order valence-electron chi connectivity index (χ1n) is 10.1. The van der Waals surface area contributed by atoms with E-state index in [9.17, 15) is 9.90 Å². The molecular formula is C24H15N3O3. The van der Waals surface area contributed by atoms with Gasteiger partial charge in [-0.1, -0.05) is 36.4 Å². The molecule has 2 N–H and O–H groups in total. The van der Waals surface area contributed by atoms with Gasteiger partial charge in [0.2, 0.25) is 0 Å². The van der Waals surface area contributed by atoms with E-state index in [-0.39, 0.29) is 18.4 Å². The number of aromatic nitrogens is 2. The third-order valence-electron chi connectivity index (χ3n) is 6.83. The number of fused-ring (bicyclic) bond motifs is 13. The van der Waals surface area contributed by atoms with Crippen molar-refractivity contribution in [2.45, 2.75) is 18.7 Å². The van der Waals surface area contributed by atoms with E-state index in [1.165, 1.54) is 0 Å². The zero-order valence-electron chi connectivity index (χ0n) is 15.7. The fraction of sp³-hybridized carbons (Fsp3) is 0.125. The first-order chi connectivity index (χ1) is 14.7. The van der Waals surface area contributed by atoms with Crippen LogP contribution in [0, 0.1) is 0 Å². The van der Waals surface area contributed by atoms with Gasteiger partial charge < -0.3 is 24.3 Å². The van der Waals surface area contributed by atoms with Crippen LogP contribution in [0.4, 0.5) is 0 Å². The largest absolute Gasteiger partial charge is 0.369 e. The Bertz CT molecular complexity index is 1660. The van der Waals surface area contributed by atoms with Crippen molar-refractivity contribution in [1.29, 1.82) is 0 Å². The van der Waals surface area contributed by atoms with Gasteiger partial charge in [-0.25, -0.2) is 0 Å². The predicted octanol–water partition coefficient (Wildman–Crippen LogP) is 4.23. The average Bonchev–Trinajstić information content (AvgIpc) is 3.46. The van der Waals surface area contributed by atoms with Crippen molar-refractivity contribution in [3.8, 4) is 0 Å². The molecule has 3 aliphatic heterocycles. The van der Waals surface area contributed by atoms with E-state index in [0.717, 1.165) is 43.6 Å². The van der Waals surface area contributed by atoms with E-state index in [1.54, 1.807) is 0 Å². The molecule has 6 nitrogen and oxygen atoms in total. The molecule has 2 aromatic heterocycles. The standard InChI is InChI=1S/C24H15N3O3/c28-23-19-17-11-5-1-3-7-13(11)26-15-9-10-16(30-15)27-14-8-4-2-6-12(14)18(22(27)21(17)26)20(19)24(29)25-23/h1-10,15-16,23,28H,(H,25,29)/t15?,16-,23?/m0/s1. The summed E-state index contributed by atoms with van der Waals surface area (Å²) in [6, 6.07) is 16.2. The Morgan fingerprint density at radius 3 is 2.07 bits per heavy atom. The number of nitrogens with zero attached hydrogens (tertiary/aromatic N) is 2. The van der Waals surface area contributed by atoms with Crippen molar-refractivity contribution in [3.05, 3.63) is 71.8 Å². The van der Waals surface area contributed by atoms with Gasteiger partial charge in [0.1, 0.15) is 0 Å². The Balaban J connectivity index is 1.83. The summed E-state index contributed by atoms with van der Waals surface area (Å²) in [5.74, 6) is -0.231. The molecule has 3 aliphatic rings. The van der Waals surface area contributed by atoms with E-state index >= 15 is 0 Å². The summed E-state index contributed by atoms with van der Waals surface area (Å²) in [4.78, 5) is 13.1. The van der Waals surface area contributed by atoms with Gasteiger partial charge in [0.05, 0.1) is 27.6 Å². The molecule has 30 heavy (non-hydrogen) atoms. The van der Waals surface area contributed by atoms with E-state index in [0.29, 0.717) is 11.1 Å². The van der Waals surface area contributed by atoms with E-state index < -0.39 is 6.23 Å². The number of carbonyl (C=O) groups excluding carboxylic acids is 1. The van der Waals surface area contributed by atoms with Gasteiger partial charge >= 0.3 is 0 Å². The molecule has 3 aromatic carbocycles. The minimum absolute atomic E-state index is 0.231. The minimum Gasteiger partial charge on any atom is -0.369 e. The number of aliphatic hydroxyl groups is 1. The van der Waals surface area contributed by atoms with E-state index in [1.807, 2.05) is 30.3 Å². The summed E-state index contributed by atoms with van der Waals surface area (Å²) in [6.45, 7) is 0. The molecule has 1 amide bonds. The molecule has 3 atom stereocenters. The molecule has 8 rings (SSSR count). The molecule has 144 valence electrons. The highest BCUT2D eigenvalue weighted by atomic mass is 16.5. The number of aliphatic hydroxyl groups excluding tert-OH is 1. The van der Waals surface area contributed by atoms with Crippen molar-refractivity contribution in [2.24, 2.45) is 0 Å². The van der Waals surface area contributed by atoms with Gasteiger partial charge in [0, 0.05) is 27.1 Å². The number of carbonyl (C=O) groups is 1. The molecule has 2 unspecified atom stereocenters. The van der Waals surface area contributed by atoms with Crippen molar-refractivity contribution >= 4 is 49.5 Å². The highest BCUT2D eigenvalue weighted by Crippen LogP contribution is 2.51. The maximum Gasteiger partial charge on any atom is 0.254 e. The SMILES string of the molecule is O=C1NC(O)c2c1c1c3ccccc3n3c1c1c2c2ccccc2n1C1C=C[C@@H]3O1. The lowest BCUT2D eigenvalue weighted by Crippen LogP contribution is -2.18. The van der Waals surface area contributed by atoms with Gasteiger partial charge in [-0.05, 0) is 24.3 Å². The maximum atomic E-state index is 13.1. The highest BCUT2D eigenvalue weighted by Gasteiger charge is 2.40. The quantitative estimate of drug-likeness (QED) is 0.387. The maximum absolute atomic E-state index is 13.1. The zero-order chi connectivity index (χ0) is 19.7. The van der Waals surface area contributed by atoms with Crippen molar-refractivity contribution in [2.75, 3.05) is 0 Å². The summed E-state index contributed by atoms with van der Waals surface area (Å²) in [5.41, 5.74) is 5.29. The lowest BCUT2D eigenvalue weighted by atomic mass is 9.96. The zero-order valence-corrected chi connectivity index (χ0v) is 15.7. The summed E-state index contributed by atoms with van der Waals surface area (Å²) in [7, 11) is 0. The molecule has 5 aromatic rings. The molecule has 0 aliphatic carbocycles. The predicted molar refractivity (Wildman–Crippen MR) is 113 cm³/mol. The van der Waals surface area contributed by atoms with E-state index in [2.05, 4.69) is 44.8 Å². The Labute approximate surface area is 169 Å². The second-order valence-electron chi connectivity index (χ2n) is 8.19. The summed E-state index contributed by atoms with van der Waals surface area (Å²) in [6.07, 6.45) is 2.66. The molecule has 2 bridgehead atoms. The summed E-state index contributed by atoms with van der Waals surface area (Å²) < 4.78 is 10.9. The van der Waals surface area contributed by atoms with Crippen LogP contribution in [0.15, 0.2) is 60.7 Å². The number of hydrogen-bond donors (Lipinski definition) is 2. The molecular weight excluding hydrogens is 378 g/mol. The lowest BCUT2D eigenvalue weighted by molar-refractivity contribution is -0.00692. The van der Waals surface area contributed by atoms with Gasteiger partial charge in [0.15, 0.2) is 18.7 Å². The van der Waals surface area contributed by atoms with Crippen molar-refractivity contribution in [3.63, 3.8) is 0 Å². The Morgan fingerprint density at radius 2 is 1.40 bits per heavy atom. The number of rotatable bonds is 0. The number of benzene rings is 3. The Kier molecular flexibility index (Phi) is 2.42. The Hall–Kier alpha value is -3.61. The van der Waals surface area contributed by atoms with Crippen LogP contribution in [-0.2, 0) is 4.74 Å². The van der Waals surface area contributed by atoms with Crippen LogP contribution in [0.2, 0.25) is 0 Å². The fourth-order valence-corrected chi connectivity index (χ4v) is 5.80. The molecule has 0 saturated heterocycles. The number of hydrogen-bond acceptors (Lipinski definition) is 3. The number of para-hydroxylation sites is 2. The monoisotopic (exact) mass is 393 g/mol. The number of nitrogens with one attached hydrogen (secondary N) is 1. The average molecular weight is 393 g/mol. The van der Waals surface area contributed by atoms with Crippen LogP contribution in [0.3, 0.4) is 0 Å². The fourth-order valence-electron chi connectivity index (χ4n) is 5.80. The number of ether oxygens (including phenoxy) is 1. The molecule has 0 fully saturated rings. The lowest BCUT2D eigenvalue weighted by Gasteiger charge is -2.15. The molecule has 0 radical (unpaired) electrons. The second kappa shape index (κ2) is 4.75. The van der Waals surface area contributed by atoms with Crippen LogP contribution in [-0.4, -0.2) is 20.1 Å². The first-order valence-corrected chi connectivity index (χ1v) is 10.1. The van der Waals surface area contributed by atoms with E-state index in [4.69, 9.17) is 4.74 Å². The van der Waals surface area contributed by atoms with Crippen LogP contribution < -0.4 is 5.32 Å². The number of amides is 1. The molecule has 6 heteroatoms. The van der Waals surface area contributed by atoms with Crippen LogP contribution in [0.5, 0.6) is 0 Å². The van der Waals surface area contributed by atoms with Crippen LogP contribution in [0.1, 0.15) is 34.6 Å². The topological polar surface area (TPSA) is 68.4 Å². The van der Waals surface area contributed by atoms with Gasteiger partial charge in [-0.2, -0.15) is 0 Å². The minimum atomic E-state index is -1.03. The van der Waals surface area contributed by atoms with Gasteiger partial charge in [-0.3, -0.25) is 4.79 Å². The molecule has 0 saturated carbocycles. The van der Waals surface area contributed by atoms with Crippen LogP contribution >= 0.6 is 0 Å². The normalized spacial score (nSPS) is 23.9. The third kappa shape index (κ3) is 1.47. The third-order valence-corrected chi connectivity index (χ3v) is 6.83. The van der Waals surface area contributed by atoms with Crippen molar-refractivity contribution < 1.29 is 14.6 Å². The van der Waals surface area contributed by atoms with Gasteiger partial charge in [0.25, 0.3) is 5.91 Å². The summed E-state index contributed by atoms with van der Waals surface area (Å²) in [5, 5.41) is 17.4. The molecule has 5 heterocycles. The molecule has 0 spiro atoms. The van der Waals surface area contributed by atoms with Crippen LogP contribution in [0.25, 0.3) is 43.6 Å².